The van der Waals surface area contributed by atoms with E-state index in [0.29, 0.717) is 6.54 Å². The summed E-state index contributed by atoms with van der Waals surface area (Å²) in [4.78, 5) is 10.7. The van der Waals surface area contributed by atoms with E-state index in [1.165, 1.54) is 11.1 Å². The average molecular weight is 342 g/mol. The molecule has 0 atom stereocenters. The zero-order chi connectivity index (χ0) is 18.1. The molecular formula is C22H18N2O2. The lowest BCUT2D eigenvalue weighted by molar-refractivity contribution is -0.384. The molecule has 4 rings (SSSR count). The number of aryl methyl sites for hydroxylation is 1. The molecule has 0 N–H and O–H groups in total. The highest BCUT2D eigenvalue weighted by atomic mass is 16.6. The fourth-order valence-electron chi connectivity index (χ4n) is 3.34. The van der Waals surface area contributed by atoms with E-state index < -0.39 is 0 Å². The summed E-state index contributed by atoms with van der Waals surface area (Å²) in [5, 5.41) is 12.1. The molecule has 0 aliphatic rings. The Morgan fingerprint density at radius 2 is 1.62 bits per heavy atom. The Bertz CT molecular complexity index is 1080. The fraction of sp³-hybridized carbons (Fsp3) is 0.0909. The summed E-state index contributed by atoms with van der Waals surface area (Å²) in [6, 6.07) is 23.8. The first-order chi connectivity index (χ1) is 12.6. The second kappa shape index (κ2) is 6.48. The van der Waals surface area contributed by atoms with Crippen LogP contribution in [0.25, 0.3) is 22.0 Å². The number of hydrogen-bond acceptors (Lipinski definition) is 2. The van der Waals surface area contributed by atoms with Gasteiger partial charge in [0.15, 0.2) is 0 Å². The third kappa shape index (κ3) is 2.97. The second-order valence-electron chi connectivity index (χ2n) is 6.46. The zero-order valence-electron chi connectivity index (χ0n) is 14.4. The van der Waals surface area contributed by atoms with Crippen molar-refractivity contribution in [2.45, 2.75) is 13.5 Å². The van der Waals surface area contributed by atoms with Crippen LogP contribution in [0.4, 0.5) is 5.69 Å². The van der Waals surface area contributed by atoms with Gasteiger partial charge < -0.3 is 4.57 Å². The summed E-state index contributed by atoms with van der Waals surface area (Å²) in [6.07, 6.45) is 2.06. The van der Waals surface area contributed by atoms with Gasteiger partial charge in [-0.3, -0.25) is 10.1 Å². The van der Waals surface area contributed by atoms with Gasteiger partial charge in [-0.2, -0.15) is 0 Å². The quantitative estimate of drug-likeness (QED) is 0.359. The molecule has 0 unspecified atom stereocenters. The van der Waals surface area contributed by atoms with Gasteiger partial charge in [-0.25, -0.2) is 0 Å². The lowest BCUT2D eigenvalue weighted by Crippen LogP contribution is -1.98. The van der Waals surface area contributed by atoms with Gasteiger partial charge in [0.1, 0.15) is 0 Å². The molecule has 0 amide bonds. The van der Waals surface area contributed by atoms with Gasteiger partial charge in [0.2, 0.25) is 0 Å². The molecule has 3 aromatic carbocycles. The Hall–Kier alpha value is -3.40. The first-order valence-electron chi connectivity index (χ1n) is 8.50. The van der Waals surface area contributed by atoms with Crippen molar-refractivity contribution in [1.82, 2.24) is 4.57 Å². The number of hydrogen-bond donors (Lipinski definition) is 0. The van der Waals surface area contributed by atoms with Crippen LogP contribution in [0.2, 0.25) is 0 Å². The third-order valence-electron chi connectivity index (χ3n) is 4.69. The molecule has 1 aromatic heterocycles. The van der Waals surface area contributed by atoms with E-state index in [1.54, 1.807) is 12.1 Å². The summed E-state index contributed by atoms with van der Waals surface area (Å²) < 4.78 is 2.08. The van der Waals surface area contributed by atoms with Crippen molar-refractivity contribution in [2.24, 2.45) is 0 Å². The van der Waals surface area contributed by atoms with Crippen molar-refractivity contribution in [3.63, 3.8) is 0 Å². The molecule has 4 heteroatoms. The minimum absolute atomic E-state index is 0.122. The number of rotatable bonds is 4. The molecule has 0 aliphatic heterocycles. The maximum Gasteiger partial charge on any atom is 0.271 e. The molecule has 26 heavy (non-hydrogen) atoms. The predicted octanol–water partition coefficient (Wildman–Crippen LogP) is 5.57. The minimum Gasteiger partial charge on any atom is -0.343 e. The van der Waals surface area contributed by atoms with Crippen LogP contribution in [0.15, 0.2) is 79.0 Å². The van der Waals surface area contributed by atoms with Crippen LogP contribution in [-0.2, 0) is 6.54 Å². The summed E-state index contributed by atoms with van der Waals surface area (Å²) in [6.45, 7) is 2.71. The summed E-state index contributed by atoms with van der Waals surface area (Å²) in [5.74, 6) is 0. The van der Waals surface area contributed by atoms with Crippen molar-refractivity contribution < 1.29 is 4.92 Å². The van der Waals surface area contributed by atoms with E-state index in [4.69, 9.17) is 0 Å². The highest BCUT2D eigenvalue weighted by molar-refractivity contribution is 5.85. The largest absolute Gasteiger partial charge is 0.343 e. The van der Waals surface area contributed by atoms with Crippen LogP contribution in [-0.4, -0.2) is 9.49 Å². The van der Waals surface area contributed by atoms with Gasteiger partial charge in [0.05, 0.1) is 10.4 Å². The normalized spacial score (nSPS) is 11.0. The molecule has 0 spiro atoms. The average Bonchev–Trinajstić information content (AvgIpc) is 2.98. The molecule has 0 saturated carbocycles. The van der Waals surface area contributed by atoms with Gasteiger partial charge in [-0.15, -0.1) is 0 Å². The van der Waals surface area contributed by atoms with Crippen molar-refractivity contribution in [3.05, 3.63) is 100 Å². The number of nitro groups is 1. The van der Waals surface area contributed by atoms with E-state index in [0.717, 1.165) is 22.0 Å². The van der Waals surface area contributed by atoms with Gasteiger partial charge in [-0.1, -0.05) is 54.6 Å². The van der Waals surface area contributed by atoms with Gasteiger partial charge in [-0.05, 0) is 35.2 Å². The molecule has 4 aromatic rings. The van der Waals surface area contributed by atoms with E-state index in [-0.39, 0.29) is 10.6 Å². The van der Waals surface area contributed by atoms with Gasteiger partial charge in [0.25, 0.3) is 5.69 Å². The van der Waals surface area contributed by atoms with E-state index in [2.05, 4.69) is 47.2 Å². The predicted molar refractivity (Wildman–Crippen MR) is 104 cm³/mol. The first-order valence-corrected chi connectivity index (χ1v) is 8.50. The van der Waals surface area contributed by atoms with Crippen molar-refractivity contribution in [3.8, 4) is 11.1 Å². The standard InChI is InChI=1S/C22H18N2O2/c1-16-14-23(22-13-20(24(25)26)11-12-21(16)22)15-17-7-9-19(10-8-17)18-5-3-2-4-6-18/h2-14H,15H2,1H3. The first kappa shape index (κ1) is 16.1. The number of non-ortho nitro benzene ring substituents is 1. The molecule has 0 bridgehead atoms. The molecule has 1 heterocycles. The smallest absolute Gasteiger partial charge is 0.271 e. The molecule has 0 aliphatic carbocycles. The molecule has 0 fully saturated rings. The van der Waals surface area contributed by atoms with Crippen LogP contribution in [0.3, 0.4) is 0 Å². The molecule has 0 saturated heterocycles. The molecular weight excluding hydrogens is 324 g/mol. The number of fused-ring (bicyclic) bond motifs is 1. The Labute approximate surface area is 151 Å². The van der Waals surface area contributed by atoms with Crippen LogP contribution in [0, 0.1) is 17.0 Å². The summed E-state index contributed by atoms with van der Waals surface area (Å²) in [5.41, 5.74) is 5.67. The third-order valence-corrected chi connectivity index (χ3v) is 4.69. The molecule has 128 valence electrons. The number of aromatic nitrogens is 1. The Balaban J connectivity index is 1.67. The van der Waals surface area contributed by atoms with E-state index >= 15 is 0 Å². The SMILES string of the molecule is Cc1cn(Cc2ccc(-c3ccccc3)cc2)c2cc([N+](=O)[O-])ccc12. The molecule has 4 nitrogen and oxygen atoms in total. The van der Waals surface area contributed by atoms with Crippen molar-refractivity contribution >= 4 is 16.6 Å². The maximum absolute atomic E-state index is 11.1. The lowest BCUT2D eigenvalue weighted by atomic mass is 10.0. The zero-order valence-corrected chi connectivity index (χ0v) is 14.4. The topological polar surface area (TPSA) is 48.1 Å². The van der Waals surface area contributed by atoms with Crippen LogP contribution in [0.5, 0.6) is 0 Å². The van der Waals surface area contributed by atoms with Crippen molar-refractivity contribution in [2.75, 3.05) is 0 Å². The summed E-state index contributed by atoms with van der Waals surface area (Å²) in [7, 11) is 0. The van der Waals surface area contributed by atoms with E-state index in [9.17, 15) is 10.1 Å². The monoisotopic (exact) mass is 342 g/mol. The maximum atomic E-state index is 11.1. The van der Waals surface area contributed by atoms with Crippen LogP contribution in [0.1, 0.15) is 11.1 Å². The van der Waals surface area contributed by atoms with E-state index in [1.807, 2.05) is 31.2 Å². The highest BCUT2D eigenvalue weighted by Crippen LogP contribution is 2.26. The van der Waals surface area contributed by atoms with Gasteiger partial charge in [0, 0.05) is 30.3 Å². The second-order valence-corrected chi connectivity index (χ2v) is 6.46. The van der Waals surface area contributed by atoms with Gasteiger partial charge >= 0.3 is 0 Å². The lowest BCUT2D eigenvalue weighted by Gasteiger charge is -2.07. The Kier molecular flexibility index (Phi) is 4.01. The number of nitro benzene ring substituents is 1. The fourth-order valence-corrected chi connectivity index (χ4v) is 3.34. The Morgan fingerprint density at radius 1 is 0.923 bits per heavy atom. The minimum atomic E-state index is -0.346. The van der Waals surface area contributed by atoms with Crippen LogP contribution < -0.4 is 0 Å². The number of benzene rings is 3. The van der Waals surface area contributed by atoms with Crippen LogP contribution >= 0.6 is 0 Å². The molecule has 0 radical (unpaired) electrons. The Morgan fingerprint density at radius 3 is 2.31 bits per heavy atom. The van der Waals surface area contributed by atoms with Crippen molar-refractivity contribution in [1.29, 1.82) is 0 Å². The summed E-state index contributed by atoms with van der Waals surface area (Å²) >= 11 is 0. The highest BCUT2D eigenvalue weighted by Gasteiger charge is 2.12. The number of nitrogens with zero attached hydrogens (tertiary/aromatic N) is 2.